The number of thiophene rings is 1. The quantitative estimate of drug-likeness (QED) is 0.320. The van der Waals surface area contributed by atoms with Gasteiger partial charge in [0, 0.05) is 15.5 Å². The highest BCUT2D eigenvalue weighted by Gasteiger charge is 2.24. The highest BCUT2D eigenvalue weighted by molar-refractivity contribution is 7.11. The van der Waals surface area contributed by atoms with Gasteiger partial charge in [0.2, 0.25) is 11.5 Å². The Balaban J connectivity index is 1.71. The first-order valence-electron chi connectivity index (χ1n) is 8.37. The summed E-state index contributed by atoms with van der Waals surface area (Å²) in [5, 5.41) is 11.7. The van der Waals surface area contributed by atoms with Crippen LogP contribution in [0.25, 0.3) is 27.1 Å². The molecule has 0 fully saturated rings. The summed E-state index contributed by atoms with van der Waals surface area (Å²) in [6, 6.07) is 11.7. The number of halogens is 1. The molecule has 0 aliphatic rings. The first-order chi connectivity index (χ1) is 14.0. The summed E-state index contributed by atoms with van der Waals surface area (Å²) in [5.74, 6) is -1.62. The minimum Gasteiger partial charge on any atom is -0.478 e. The van der Waals surface area contributed by atoms with Gasteiger partial charge in [0.25, 0.3) is 5.89 Å². The first kappa shape index (κ1) is 18.9. The van der Waals surface area contributed by atoms with E-state index in [2.05, 4.69) is 9.83 Å². The van der Waals surface area contributed by atoms with Crippen LogP contribution in [0, 0.1) is 6.57 Å². The molecule has 2 aromatic carbocycles. The number of carboxylic acids is 1. The summed E-state index contributed by atoms with van der Waals surface area (Å²) in [6.07, 6.45) is -0.150. The van der Waals surface area contributed by atoms with Crippen LogP contribution in [0.2, 0.25) is 5.02 Å². The van der Waals surface area contributed by atoms with Crippen molar-refractivity contribution in [3.8, 4) is 11.1 Å². The highest BCUT2D eigenvalue weighted by Crippen LogP contribution is 2.36. The Hall–Kier alpha value is -3.47. The molecule has 0 amide bonds. The van der Waals surface area contributed by atoms with Crippen LogP contribution in [-0.4, -0.2) is 21.8 Å². The molecule has 0 saturated carbocycles. The van der Waals surface area contributed by atoms with Crippen molar-refractivity contribution in [3.05, 3.63) is 80.6 Å². The predicted octanol–water partition coefficient (Wildman–Crippen LogP) is 5.88. The van der Waals surface area contributed by atoms with Gasteiger partial charge in [-0.1, -0.05) is 35.9 Å². The molecule has 29 heavy (non-hydrogen) atoms. The number of aromatic carboxylic acids is 1. The van der Waals surface area contributed by atoms with Crippen molar-refractivity contribution in [1.82, 2.24) is 4.98 Å². The molecular weight excluding hydrogens is 412 g/mol. The number of ketones is 1. The van der Waals surface area contributed by atoms with Crippen LogP contribution in [0.1, 0.15) is 25.9 Å². The lowest BCUT2D eigenvalue weighted by atomic mass is 10.0. The van der Waals surface area contributed by atoms with E-state index in [0.717, 1.165) is 0 Å². The van der Waals surface area contributed by atoms with Crippen LogP contribution >= 0.6 is 22.9 Å². The zero-order chi connectivity index (χ0) is 20.5. The molecule has 0 unspecified atom stereocenters. The van der Waals surface area contributed by atoms with Crippen molar-refractivity contribution in [3.63, 3.8) is 0 Å². The summed E-state index contributed by atoms with van der Waals surface area (Å²) in [5.41, 5.74) is 2.30. The molecule has 2 aromatic heterocycles. The number of Topliss-reactive ketones (excluding diaryl/α,β-unsaturated/α-hetero) is 1. The Morgan fingerprint density at radius 3 is 2.76 bits per heavy atom. The second-order valence-corrected chi connectivity index (χ2v) is 7.49. The molecule has 4 aromatic rings. The lowest BCUT2D eigenvalue weighted by molar-refractivity contribution is 0.0697. The van der Waals surface area contributed by atoms with Gasteiger partial charge in [0.1, 0.15) is 5.52 Å². The number of hydrogen-bond donors (Lipinski definition) is 1. The smallest absolute Gasteiger partial charge is 0.337 e. The van der Waals surface area contributed by atoms with E-state index in [0.29, 0.717) is 32.1 Å². The van der Waals surface area contributed by atoms with Gasteiger partial charge in [0.05, 0.1) is 18.6 Å². The van der Waals surface area contributed by atoms with Gasteiger partial charge < -0.3 is 9.52 Å². The van der Waals surface area contributed by atoms with Gasteiger partial charge in [-0.15, -0.1) is 11.3 Å². The van der Waals surface area contributed by atoms with Gasteiger partial charge in [-0.05, 0) is 29.1 Å². The van der Waals surface area contributed by atoms with Crippen LogP contribution in [-0.2, 0) is 6.42 Å². The van der Waals surface area contributed by atoms with Crippen LogP contribution in [0.3, 0.4) is 0 Å². The summed E-state index contributed by atoms with van der Waals surface area (Å²) >= 11 is 7.14. The van der Waals surface area contributed by atoms with Crippen LogP contribution in [0.15, 0.2) is 52.3 Å². The largest absolute Gasteiger partial charge is 0.478 e. The second-order valence-electron chi connectivity index (χ2n) is 6.12. The zero-order valence-electron chi connectivity index (χ0n) is 14.7. The fourth-order valence-corrected chi connectivity index (χ4v) is 4.16. The van der Waals surface area contributed by atoms with Gasteiger partial charge in [-0.3, -0.25) is 4.79 Å². The SMILES string of the molecule is [C-]#[N+]c1cc(-c2csc(CC(=O)c3nc4ccccc4o3)c2C(=O)O)ccc1Cl. The molecule has 0 spiro atoms. The molecule has 2 heterocycles. The number of benzene rings is 2. The molecule has 142 valence electrons. The van der Waals surface area contributed by atoms with Crippen LogP contribution in [0.5, 0.6) is 0 Å². The Morgan fingerprint density at radius 1 is 1.24 bits per heavy atom. The molecule has 1 N–H and O–H groups in total. The number of rotatable bonds is 5. The van der Waals surface area contributed by atoms with Crippen molar-refractivity contribution < 1.29 is 19.1 Å². The number of aromatic nitrogens is 1. The van der Waals surface area contributed by atoms with Crippen LogP contribution in [0.4, 0.5) is 5.69 Å². The Labute approximate surface area is 173 Å². The molecule has 6 nitrogen and oxygen atoms in total. The average Bonchev–Trinajstić information content (AvgIpc) is 3.32. The molecule has 0 atom stereocenters. The van der Waals surface area contributed by atoms with Crippen molar-refractivity contribution in [2.45, 2.75) is 6.42 Å². The average molecular weight is 423 g/mol. The first-order valence-corrected chi connectivity index (χ1v) is 9.63. The monoisotopic (exact) mass is 422 g/mol. The van der Waals surface area contributed by atoms with Gasteiger partial charge in [0.15, 0.2) is 5.58 Å². The maximum atomic E-state index is 12.6. The van der Waals surface area contributed by atoms with Crippen LogP contribution < -0.4 is 0 Å². The van der Waals surface area contributed by atoms with Gasteiger partial charge in [-0.2, -0.15) is 0 Å². The molecule has 4 rings (SSSR count). The van der Waals surface area contributed by atoms with E-state index in [4.69, 9.17) is 22.6 Å². The Morgan fingerprint density at radius 2 is 2.03 bits per heavy atom. The third-order valence-electron chi connectivity index (χ3n) is 4.31. The maximum Gasteiger partial charge on any atom is 0.337 e. The molecular formula is C21H11ClN2O4S. The number of nitrogens with zero attached hydrogens (tertiary/aromatic N) is 2. The normalized spacial score (nSPS) is 10.8. The summed E-state index contributed by atoms with van der Waals surface area (Å²) in [4.78, 5) is 32.5. The van der Waals surface area contributed by atoms with E-state index in [9.17, 15) is 14.7 Å². The number of para-hydroxylation sites is 2. The van der Waals surface area contributed by atoms with Crippen molar-refractivity contribution in [2.24, 2.45) is 0 Å². The molecule has 0 aliphatic heterocycles. The number of carboxylic acid groups (broad SMARTS) is 1. The lowest BCUT2D eigenvalue weighted by Crippen LogP contribution is -2.07. The van der Waals surface area contributed by atoms with E-state index in [1.165, 1.54) is 17.4 Å². The topological polar surface area (TPSA) is 84.8 Å². The molecule has 0 bridgehead atoms. The third kappa shape index (κ3) is 3.51. The minimum absolute atomic E-state index is 0.0257. The van der Waals surface area contributed by atoms with E-state index < -0.39 is 11.8 Å². The molecule has 0 radical (unpaired) electrons. The third-order valence-corrected chi connectivity index (χ3v) is 5.62. The fraction of sp³-hybridized carbons (Fsp3) is 0.0476. The molecule has 0 saturated heterocycles. The van der Waals surface area contributed by atoms with Crippen molar-refractivity contribution in [2.75, 3.05) is 0 Å². The van der Waals surface area contributed by atoms with E-state index in [1.807, 2.05) is 0 Å². The summed E-state index contributed by atoms with van der Waals surface area (Å²) in [7, 11) is 0. The number of carbonyl (C=O) groups is 2. The Kier molecular flexibility index (Phi) is 4.89. The second kappa shape index (κ2) is 7.51. The van der Waals surface area contributed by atoms with Gasteiger partial charge in [-0.25, -0.2) is 14.6 Å². The fourth-order valence-electron chi connectivity index (χ4n) is 2.95. The van der Waals surface area contributed by atoms with Gasteiger partial charge >= 0.3 is 5.97 Å². The van der Waals surface area contributed by atoms with Crippen molar-refractivity contribution >= 4 is 51.5 Å². The maximum absolute atomic E-state index is 12.6. The number of hydrogen-bond acceptors (Lipinski definition) is 5. The number of fused-ring (bicyclic) bond motifs is 1. The number of oxazole rings is 1. The molecule has 0 aliphatic carbocycles. The zero-order valence-corrected chi connectivity index (χ0v) is 16.3. The lowest BCUT2D eigenvalue weighted by Gasteiger charge is -2.05. The number of carbonyl (C=O) groups excluding carboxylic acids is 1. The minimum atomic E-state index is -1.15. The predicted molar refractivity (Wildman–Crippen MR) is 110 cm³/mol. The van der Waals surface area contributed by atoms with E-state index >= 15 is 0 Å². The summed E-state index contributed by atoms with van der Waals surface area (Å²) in [6.45, 7) is 7.19. The summed E-state index contributed by atoms with van der Waals surface area (Å²) < 4.78 is 5.49. The molecule has 8 heteroatoms. The Bertz CT molecular complexity index is 1280. The van der Waals surface area contributed by atoms with E-state index in [1.54, 1.807) is 41.8 Å². The standard InChI is InChI=1S/C21H11ClN2O4S/c1-23-15-8-11(6-7-13(15)22)12-10-29-18(19(12)21(26)27)9-16(25)20-24-14-4-2-3-5-17(14)28-20/h2-8,10H,9H2,(H,26,27). The van der Waals surface area contributed by atoms with Crippen molar-refractivity contribution in [1.29, 1.82) is 0 Å². The van der Waals surface area contributed by atoms with E-state index in [-0.39, 0.29) is 23.6 Å². The highest BCUT2D eigenvalue weighted by atomic mass is 35.5.